The van der Waals surface area contributed by atoms with E-state index in [-0.39, 0.29) is 17.6 Å². The van der Waals surface area contributed by atoms with Crippen molar-refractivity contribution >= 4 is 5.91 Å². The fourth-order valence-electron chi connectivity index (χ4n) is 4.07. The maximum Gasteiger partial charge on any atom is 0.225 e. The van der Waals surface area contributed by atoms with Crippen LogP contribution < -0.4 is 0 Å². The Morgan fingerprint density at radius 1 is 1.30 bits per heavy atom. The topological polar surface area (TPSA) is 51.2 Å². The third-order valence-corrected chi connectivity index (χ3v) is 5.81. The predicted octanol–water partition coefficient (Wildman–Crippen LogP) is 0.894. The van der Waals surface area contributed by atoms with Crippen molar-refractivity contribution in [2.75, 3.05) is 53.6 Å². The van der Waals surface area contributed by atoms with Gasteiger partial charge in [0.2, 0.25) is 5.91 Å². The molecule has 0 aromatic carbocycles. The smallest absolute Gasteiger partial charge is 0.225 e. The number of rotatable bonds is 6. The van der Waals surface area contributed by atoms with Crippen molar-refractivity contribution in [2.45, 2.75) is 49.9 Å². The highest BCUT2D eigenvalue weighted by Crippen LogP contribution is 2.38. The maximum absolute atomic E-state index is 12.7. The summed E-state index contributed by atoms with van der Waals surface area (Å²) in [4.78, 5) is 17.2. The molecule has 132 valence electrons. The van der Waals surface area contributed by atoms with Crippen molar-refractivity contribution in [3.8, 4) is 0 Å². The zero-order chi connectivity index (χ0) is 16.3. The number of morpholine rings is 1. The first-order chi connectivity index (χ1) is 11.2. The SMILES string of the molecule is COCCN1CCO[C@H]2CCN(C(=O)CC3(OC)CCC3)C[C@@H]21. The Labute approximate surface area is 139 Å². The Morgan fingerprint density at radius 3 is 2.78 bits per heavy atom. The fourth-order valence-corrected chi connectivity index (χ4v) is 4.07. The first-order valence-corrected chi connectivity index (χ1v) is 8.85. The van der Waals surface area contributed by atoms with Crippen molar-refractivity contribution in [3.63, 3.8) is 0 Å². The molecule has 0 radical (unpaired) electrons. The second kappa shape index (κ2) is 7.47. The van der Waals surface area contributed by atoms with Gasteiger partial charge in [-0.3, -0.25) is 9.69 Å². The highest BCUT2D eigenvalue weighted by atomic mass is 16.5. The zero-order valence-corrected chi connectivity index (χ0v) is 14.5. The molecule has 1 aliphatic carbocycles. The molecule has 23 heavy (non-hydrogen) atoms. The number of likely N-dealkylation sites (tertiary alicyclic amines) is 1. The van der Waals surface area contributed by atoms with Crippen LogP contribution in [0.15, 0.2) is 0 Å². The van der Waals surface area contributed by atoms with Gasteiger partial charge in [0.25, 0.3) is 0 Å². The molecule has 0 aromatic rings. The number of ether oxygens (including phenoxy) is 3. The first kappa shape index (κ1) is 17.1. The zero-order valence-electron chi connectivity index (χ0n) is 14.5. The minimum Gasteiger partial charge on any atom is -0.383 e. The third kappa shape index (κ3) is 3.71. The van der Waals surface area contributed by atoms with Crippen molar-refractivity contribution < 1.29 is 19.0 Å². The lowest BCUT2D eigenvalue weighted by atomic mass is 9.77. The van der Waals surface area contributed by atoms with Crippen molar-refractivity contribution in [1.82, 2.24) is 9.80 Å². The van der Waals surface area contributed by atoms with Crippen LogP contribution in [0.5, 0.6) is 0 Å². The van der Waals surface area contributed by atoms with Gasteiger partial charge in [0, 0.05) is 40.4 Å². The number of piperidine rings is 1. The summed E-state index contributed by atoms with van der Waals surface area (Å²) in [5.74, 6) is 0.238. The van der Waals surface area contributed by atoms with Crippen molar-refractivity contribution in [1.29, 1.82) is 0 Å². The molecular formula is C17H30N2O4. The molecule has 3 rings (SSSR count). The van der Waals surface area contributed by atoms with Crippen LogP contribution in [-0.4, -0.2) is 87.1 Å². The Balaban J connectivity index is 1.58. The van der Waals surface area contributed by atoms with E-state index in [0.29, 0.717) is 12.5 Å². The van der Waals surface area contributed by atoms with Gasteiger partial charge in [-0.1, -0.05) is 0 Å². The summed E-state index contributed by atoms with van der Waals surface area (Å²) in [5, 5.41) is 0. The van der Waals surface area contributed by atoms with Crippen LogP contribution in [0, 0.1) is 0 Å². The quantitative estimate of drug-likeness (QED) is 0.726. The highest BCUT2D eigenvalue weighted by Gasteiger charge is 2.43. The molecule has 0 spiro atoms. The number of methoxy groups -OCH3 is 2. The molecule has 6 nitrogen and oxygen atoms in total. The van der Waals surface area contributed by atoms with Gasteiger partial charge in [-0.2, -0.15) is 0 Å². The van der Waals surface area contributed by atoms with Gasteiger partial charge in [0.15, 0.2) is 0 Å². The molecule has 0 unspecified atom stereocenters. The van der Waals surface area contributed by atoms with Crippen LogP contribution >= 0.6 is 0 Å². The molecule has 2 aliphatic heterocycles. The van der Waals surface area contributed by atoms with E-state index in [1.54, 1.807) is 14.2 Å². The number of carbonyl (C=O) groups is 1. The van der Waals surface area contributed by atoms with E-state index < -0.39 is 0 Å². The summed E-state index contributed by atoms with van der Waals surface area (Å²) >= 11 is 0. The van der Waals surface area contributed by atoms with E-state index in [1.165, 1.54) is 6.42 Å². The lowest BCUT2D eigenvalue weighted by Crippen LogP contribution is -2.61. The Morgan fingerprint density at radius 2 is 2.13 bits per heavy atom. The first-order valence-electron chi connectivity index (χ1n) is 8.85. The number of nitrogens with zero attached hydrogens (tertiary/aromatic N) is 2. The Kier molecular flexibility index (Phi) is 5.57. The Hall–Kier alpha value is -0.690. The summed E-state index contributed by atoms with van der Waals surface area (Å²) in [5.41, 5.74) is -0.188. The van der Waals surface area contributed by atoms with E-state index in [0.717, 1.165) is 58.7 Å². The van der Waals surface area contributed by atoms with Crippen molar-refractivity contribution in [2.24, 2.45) is 0 Å². The molecule has 1 amide bonds. The molecule has 0 bridgehead atoms. The van der Waals surface area contributed by atoms with Crippen LogP contribution in [0.2, 0.25) is 0 Å². The molecule has 3 fully saturated rings. The van der Waals surface area contributed by atoms with Crippen molar-refractivity contribution in [3.05, 3.63) is 0 Å². The monoisotopic (exact) mass is 326 g/mol. The normalized spacial score (nSPS) is 30.6. The van der Waals surface area contributed by atoms with E-state index in [9.17, 15) is 4.79 Å². The van der Waals surface area contributed by atoms with Gasteiger partial charge in [0.05, 0.1) is 37.4 Å². The lowest BCUT2D eigenvalue weighted by molar-refractivity contribution is -0.153. The van der Waals surface area contributed by atoms with Crippen LogP contribution in [0.3, 0.4) is 0 Å². The van der Waals surface area contributed by atoms with E-state index >= 15 is 0 Å². The molecule has 2 atom stereocenters. The molecule has 2 heterocycles. The minimum atomic E-state index is -0.188. The number of hydrogen-bond acceptors (Lipinski definition) is 5. The molecule has 1 saturated carbocycles. The summed E-state index contributed by atoms with van der Waals surface area (Å²) in [6, 6.07) is 0.302. The highest BCUT2D eigenvalue weighted by molar-refractivity contribution is 5.77. The maximum atomic E-state index is 12.7. The average Bonchev–Trinajstić information content (AvgIpc) is 2.55. The fraction of sp³-hybridized carbons (Fsp3) is 0.941. The number of carbonyl (C=O) groups excluding carboxylic acids is 1. The van der Waals surface area contributed by atoms with Gasteiger partial charge in [-0.15, -0.1) is 0 Å². The van der Waals surface area contributed by atoms with Crippen LogP contribution in [0.4, 0.5) is 0 Å². The second-order valence-electron chi connectivity index (χ2n) is 7.05. The summed E-state index contributed by atoms with van der Waals surface area (Å²) in [6.45, 7) is 4.92. The Bertz CT molecular complexity index is 408. The van der Waals surface area contributed by atoms with Gasteiger partial charge in [-0.05, 0) is 25.7 Å². The van der Waals surface area contributed by atoms with E-state index in [1.807, 2.05) is 4.90 Å². The van der Waals surface area contributed by atoms with E-state index in [2.05, 4.69) is 4.90 Å². The lowest BCUT2D eigenvalue weighted by Gasteiger charge is -2.48. The minimum absolute atomic E-state index is 0.188. The molecule has 0 N–H and O–H groups in total. The third-order valence-electron chi connectivity index (χ3n) is 5.81. The van der Waals surface area contributed by atoms with E-state index in [4.69, 9.17) is 14.2 Å². The van der Waals surface area contributed by atoms with Crippen LogP contribution in [0.25, 0.3) is 0 Å². The standard InChI is InChI=1S/C17H30N2O4/c1-21-10-8-18-9-11-23-15-4-7-19(13-14(15)18)16(20)12-17(22-2)5-3-6-17/h14-15H,3-13H2,1-2H3/t14-,15-/m0/s1. The molecule has 2 saturated heterocycles. The second-order valence-corrected chi connectivity index (χ2v) is 7.05. The summed E-state index contributed by atoms with van der Waals surface area (Å²) < 4.78 is 16.8. The summed E-state index contributed by atoms with van der Waals surface area (Å²) in [7, 11) is 3.47. The molecule has 0 aromatic heterocycles. The predicted molar refractivity (Wildman–Crippen MR) is 86.4 cm³/mol. The number of hydrogen-bond donors (Lipinski definition) is 0. The average molecular weight is 326 g/mol. The molecule has 3 aliphatic rings. The largest absolute Gasteiger partial charge is 0.383 e. The van der Waals surface area contributed by atoms with Gasteiger partial charge >= 0.3 is 0 Å². The summed E-state index contributed by atoms with van der Waals surface area (Å²) in [6.07, 6.45) is 4.91. The molecular weight excluding hydrogens is 296 g/mol. The van der Waals surface area contributed by atoms with Gasteiger partial charge in [0.1, 0.15) is 0 Å². The van der Waals surface area contributed by atoms with Gasteiger partial charge in [-0.25, -0.2) is 0 Å². The van der Waals surface area contributed by atoms with Gasteiger partial charge < -0.3 is 19.1 Å². The van der Waals surface area contributed by atoms with Crippen LogP contribution in [-0.2, 0) is 19.0 Å². The van der Waals surface area contributed by atoms with Crippen LogP contribution in [0.1, 0.15) is 32.1 Å². The number of amides is 1. The molecule has 6 heteroatoms. The number of fused-ring (bicyclic) bond motifs is 1.